The molecule has 1 unspecified atom stereocenters. The summed E-state index contributed by atoms with van der Waals surface area (Å²) in [5.74, 6) is 0.573. The predicted molar refractivity (Wildman–Crippen MR) is 103 cm³/mol. The summed E-state index contributed by atoms with van der Waals surface area (Å²) in [6.45, 7) is 6.20. The van der Waals surface area contributed by atoms with Gasteiger partial charge in [0.2, 0.25) is 0 Å². The van der Waals surface area contributed by atoms with E-state index in [1.54, 1.807) is 0 Å². The van der Waals surface area contributed by atoms with Crippen LogP contribution in [-0.4, -0.2) is 24.6 Å². The number of hydrogen-bond donors (Lipinski definition) is 2. The third kappa shape index (κ3) is 2.91. The Morgan fingerprint density at radius 3 is 2.65 bits per heavy atom. The maximum atomic E-state index is 10.7. The smallest absolute Gasteiger partial charge is 0.136 e. The lowest BCUT2D eigenvalue weighted by Crippen LogP contribution is -2.08. The number of pyridine rings is 1. The number of aromatic amines is 1. The Bertz CT molecular complexity index is 1060. The average Bonchev–Trinajstić information content (AvgIpc) is 3.30. The number of H-pyrrole nitrogens is 1. The average molecular weight is 346 g/mol. The van der Waals surface area contributed by atoms with Crippen molar-refractivity contribution in [3.63, 3.8) is 0 Å². The number of hydrogen-bond acceptors (Lipinski definition) is 3. The minimum Gasteiger partial charge on any atom is -0.385 e. The highest BCUT2D eigenvalue weighted by atomic mass is 16.3. The van der Waals surface area contributed by atoms with E-state index in [0.29, 0.717) is 12.2 Å². The van der Waals surface area contributed by atoms with Crippen LogP contribution in [0.1, 0.15) is 34.3 Å². The van der Waals surface area contributed by atoms with Crippen LogP contribution < -0.4 is 0 Å². The Labute approximate surface area is 152 Å². The largest absolute Gasteiger partial charge is 0.385 e. The highest BCUT2D eigenvalue weighted by Crippen LogP contribution is 2.23. The molecule has 1 aromatic carbocycles. The lowest BCUT2D eigenvalue weighted by Gasteiger charge is -2.12. The predicted octanol–water partition coefficient (Wildman–Crippen LogP) is 3.95. The summed E-state index contributed by atoms with van der Waals surface area (Å²) < 4.78 is 2.04. The lowest BCUT2D eigenvalue weighted by atomic mass is 10.0. The van der Waals surface area contributed by atoms with Gasteiger partial charge < -0.3 is 14.7 Å². The third-order valence-corrected chi connectivity index (χ3v) is 5.09. The van der Waals surface area contributed by atoms with Crippen LogP contribution in [-0.2, 0) is 6.42 Å². The number of nitrogens with zero attached hydrogens (tertiary/aromatic N) is 3. The van der Waals surface area contributed by atoms with E-state index < -0.39 is 6.10 Å². The number of aliphatic hydroxyl groups is 1. The first-order valence-corrected chi connectivity index (χ1v) is 8.75. The van der Waals surface area contributed by atoms with E-state index in [2.05, 4.69) is 35.7 Å². The molecule has 26 heavy (non-hydrogen) atoms. The van der Waals surface area contributed by atoms with E-state index in [4.69, 9.17) is 0 Å². The zero-order chi connectivity index (χ0) is 18.3. The summed E-state index contributed by atoms with van der Waals surface area (Å²) in [5.41, 5.74) is 7.25. The first-order chi connectivity index (χ1) is 12.5. The molecule has 0 fully saturated rings. The summed E-state index contributed by atoms with van der Waals surface area (Å²) in [6, 6.07) is 10.0. The zero-order valence-corrected chi connectivity index (χ0v) is 15.2. The number of imidazole rings is 1. The minimum absolute atomic E-state index is 0.442. The van der Waals surface area contributed by atoms with Crippen LogP contribution in [0, 0.1) is 20.8 Å². The molecule has 0 radical (unpaired) electrons. The highest BCUT2D eigenvalue weighted by molar-refractivity contribution is 5.77. The third-order valence-electron chi connectivity index (χ3n) is 5.09. The van der Waals surface area contributed by atoms with Crippen molar-refractivity contribution < 1.29 is 5.11 Å². The van der Waals surface area contributed by atoms with Gasteiger partial charge in [0.25, 0.3) is 0 Å². The Kier molecular flexibility index (Phi) is 4.09. The van der Waals surface area contributed by atoms with Gasteiger partial charge in [-0.25, -0.2) is 4.98 Å². The molecule has 3 heterocycles. The van der Waals surface area contributed by atoms with Gasteiger partial charge in [0.05, 0.1) is 11.0 Å². The minimum atomic E-state index is -0.717. The second-order valence-corrected chi connectivity index (χ2v) is 6.77. The summed E-state index contributed by atoms with van der Waals surface area (Å²) in [4.78, 5) is 12.3. The van der Waals surface area contributed by atoms with Crippen molar-refractivity contribution >= 4 is 11.0 Å². The Morgan fingerprint density at radius 1 is 1.12 bits per heavy atom. The van der Waals surface area contributed by atoms with Crippen molar-refractivity contribution in [1.82, 2.24) is 19.5 Å². The fourth-order valence-electron chi connectivity index (χ4n) is 3.21. The summed E-state index contributed by atoms with van der Waals surface area (Å²) in [6.07, 6.45) is 5.60. The first-order valence-electron chi connectivity index (χ1n) is 8.75. The molecule has 0 saturated heterocycles. The second-order valence-electron chi connectivity index (χ2n) is 6.77. The molecule has 0 bridgehead atoms. The Hall–Kier alpha value is -2.92. The lowest BCUT2D eigenvalue weighted by molar-refractivity contribution is 0.168. The first kappa shape index (κ1) is 16.5. The van der Waals surface area contributed by atoms with Gasteiger partial charge in [-0.15, -0.1) is 0 Å². The molecular formula is C21H22N4O. The number of nitrogens with one attached hydrogen (secondary N) is 1. The molecule has 4 rings (SSSR count). The van der Waals surface area contributed by atoms with Crippen molar-refractivity contribution in [2.45, 2.75) is 33.3 Å². The summed E-state index contributed by atoms with van der Waals surface area (Å²) in [5, 5.41) is 10.7. The molecule has 132 valence electrons. The molecule has 5 heteroatoms. The molecule has 0 aliphatic carbocycles. The van der Waals surface area contributed by atoms with Crippen LogP contribution >= 0.6 is 0 Å². The Morgan fingerprint density at radius 2 is 1.88 bits per heavy atom. The number of fused-ring (bicyclic) bond motifs is 1. The summed E-state index contributed by atoms with van der Waals surface area (Å²) >= 11 is 0. The van der Waals surface area contributed by atoms with Crippen molar-refractivity contribution in [3.8, 4) is 5.69 Å². The van der Waals surface area contributed by atoms with Crippen LogP contribution in [0.25, 0.3) is 16.7 Å². The number of aryl methyl sites for hydroxylation is 1. The number of rotatable bonds is 4. The number of aromatic nitrogens is 4. The van der Waals surface area contributed by atoms with Crippen molar-refractivity contribution in [2.75, 3.05) is 0 Å². The van der Waals surface area contributed by atoms with Gasteiger partial charge >= 0.3 is 0 Å². The van der Waals surface area contributed by atoms with Crippen LogP contribution in [0.2, 0.25) is 0 Å². The molecule has 4 aromatic rings. The van der Waals surface area contributed by atoms with Gasteiger partial charge in [-0.1, -0.05) is 0 Å². The monoisotopic (exact) mass is 346 g/mol. The second kappa shape index (κ2) is 6.42. The van der Waals surface area contributed by atoms with Crippen molar-refractivity contribution in [3.05, 3.63) is 77.1 Å². The van der Waals surface area contributed by atoms with Gasteiger partial charge in [-0.05, 0) is 67.8 Å². The van der Waals surface area contributed by atoms with E-state index in [1.807, 2.05) is 53.5 Å². The molecule has 5 nitrogen and oxygen atoms in total. The molecule has 0 aliphatic rings. The topological polar surface area (TPSA) is 66.7 Å². The van der Waals surface area contributed by atoms with E-state index in [1.165, 1.54) is 11.1 Å². The van der Waals surface area contributed by atoms with Crippen LogP contribution in [0.3, 0.4) is 0 Å². The number of benzene rings is 1. The van der Waals surface area contributed by atoms with E-state index >= 15 is 0 Å². The maximum Gasteiger partial charge on any atom is 0.136 e. The van der Waals surface area contributed by atoms with Crippen molar-refractivity contribution in [2.24, 2.45) is 0 Å². The molecule has 0 aliphatic heterocycles. The van der Waals surface area contributed by atoms with Crippen LogP contribution in [0.5, 0.6) is 0 Å². The Balaban J connectivity index is 1.63. The van der Waals surface area contributed by atoms with E-state index in [0.717, 1.165) is 28.0 Å². The zero-order valence-electron chi connectivity index (χ0n) is 15.2. The SMILES string of the molecule is Cc1cnc(CC(O)c2nc3ccc(-n4cccc4)cc3[nH]2)c(C)c1C. The van der Waals surface area contributed by atoms with Crippen LogP contribution in [0.4, 0.5) is 0 Å². The fraction of sp³-hybridized carbons (Fsp3) is 0.238. The summed E-state index contributed by atoms with van der Waals surface area (Å²) in [7, 11) is 0. The molecule has 0 saturated carbocycles. The fourth-order valence-corrected chi connectivity index (χ4v) is 3.21. The molecule has 0 spiro atoms. The molecule has 3 aromatic heterocycles. The van der Waals surface area contributed by atoms with Gasteiger partial charge in [-0.3, -0.25) is 4.98 Å². The molecule has 2 N–H and O–H groups in total. The maximum absolute atomic E-state index is 10.7. The highest BCUT2D eigenvalue weighted by Gasteiger charge is 2.17. The standard InChI is InChI=1S/C21H22N4O/c1-13-12-22-18(15(3)14(13)2)11-20(26)21-23-17-7-6-16(10-19(17)24-21)25-8-4-5-9-25/h4-10,12,20,26H,11H2,1-3H3,(H,23,24). The van der Waals surface area contributed by atoms with E-state index in [9.17, 15) is 5.11 Å². The molecule has 1 atom stereocenters. The number of aliphatic hydroxyl groups excluding tert-OH is 1. The van der Waals surface area contributed by atoms with Gasteiger partial charge in [-0.2, -0.15) is 0 Å². The van der Waals surface area contributed by atoms with Crippen molar-refractivity contribution in [1.29, 1.82) is 0 Å². The molecular weight excluding hydrogens is 324 g/mol. The van der Waals surface area contributed by atoms with Crippen LogP contribution in [0.15, 0.2) is 48.9 Å². The van der Waals surface area contributed by atoms with E-state index in [-0.39, 0.29) is 0 Å². The molecule has 0 amide bonds. The quantitative estimate of drug-likeness (QED) is 0.588. The normalized spacial score (nSPS) is 12.6. The van der Waals surface area contributed by atoms with Gasteiger partial charge in [0, 0.05) is 36.4 Å². The van der Waals surface area contributed by atoms with Gasteiger partial charge in [0.15, 0.2) is 0 Å². The van der Waals surface area contributed by atoms with Gasteiger partial charge in [0.1, 0.15) is 11.9 Å².